The summed E-state index contributed by atoms with van der Waals surface area (Å²) in [4.78, 5) is 13.8. The smallest absolute Gasteiger partial charge is 0.378 e. The van der Waals surface area contributed by atoms with Gasteiger partial charge in [-0.15, -0.1) is 0 Å². The van der Waals surface area contributed by atoms with Gasteiger partial charge < -0.3 is 14.3 Å². The lowest BCUT2D eigenvalue weighted by Crippen LogP contribution is -2.34. The van der Waals surface area contributed by atoms with E-state index in [4.69, 9.17) is 12.2 Å². The lowest BCUT2D eigenvalue weighted by atomic mass is 10.3. The van der Waals surface area contributed by atoms with E-state index in [0.717, 1.165) is 7.11 Å². The van der Waals surface area contributed by atoms with E-state index in [0.29, 0.717) is 11.0 Å². The number of para-hydroxylation sites is 2. The molecule has 0 aliphatic carbocycles. The molecule has 1 aromatic carbocycles. The number of carbonyl (C=O) groups is 1. The first-order valence-corrected chi connectivity index (χ1v) is 5.50. The Kier molecular flexibility index (Phi) is 3.16. The Morgan fingerprint density at radius 1 is 1.50 bits per heavy atom. The number of nitrogens with zero attached hydrogens (tertiary/aromatic N) is 1. The fourth-order valence-electron chi connectivity index (χ4n) is 1.68. The fraction of sp³-hybridized carbons (Fsp3) is 0.273. The summed E-state index contributed by atoms with van der Waals surface area (Å²) in [6.07, 6.45) is 0. The van der Waals surface area contributed by atoms with Gasteiger partial charge in [0.1, 0.15) is 6.54 Å². The first-order valence-electron chi connectivity index (χ1n) is 5.09. The molecule has 7 heteroatoms. The minimum absolute atomic E-state index is 0.139. The normalized spacial score (nSPS) is 11.7. The number of imidazole rings is 1. The zero-order valence-electron chi connectivity index (χ0n) is 9.44. The highest BCUT2D eigenvalue weighted by Gasteiger charge is 2.41. The molecule has 0 spiro atoms. The average molecular weight is 272 g/mol. The average Bonchev–Trinajstić information content (AvgIpc) is 2.65. The quantitative estimate of drug-likeness (QED) is 0.690. The summed E-state index contributed by atoms with van der Waals surface area (Å²) in [5.74, 6) is -5.19. The summed E-state index contributed by atoms with van der Waals surface area (Å²) >= 11 is 4.97. The summed E-state index contributed by atoms with van der Waals surface area (Å²) in [6, 6.07) is 6.83. The van der Waals surface area contributed by atoms with Crippen LogP contribution in [0.3, 0.4) is 0 Å². The highest BCUT2D eigenvalue weighted by molar-refractivity contribution is 7.71. The van der Waals surface area contributed by atoms with Crippen LogP contribution < -0.4 is 0 Å². The molecule has 0 aliphatic heterocycles. The monoisotopic (exact) mass is 272 g/mol. The number of carbonyl (C=O) groups excluding carboxylic acids is 1. The molecule has 0 fully saturated rings. The van der Waals surface area contributed by atoms with Crippen LogP contribution >= 0.6 is 12.2 Å². The number of H-pyrrole nitrogens is 1. The number of alkyl halides is 2. The third kappa shape index (κ3) is 2.13. The van der Waals surface area contributed by atoms with Gasteiger partial charge in [-0.2, -0.15) is 8.78 Å². The van der Waals surface area contributed by atoms with Crippen molar-refractivity contribution in [3.05, 3.63) is 29.0 Å². The first kappa shape index (κ1) is 12.7. The van der Waals surface area contributed by atoms with E-state index in [-0.39, 0.29) is 4.77 Å². The van der Waals surface area contributed by atoms with Crippen LogP contribution in [0.4, 0.5) is 8.78 Å². The van der Waals surface area contributed by atoms with Gasteiger partial charge in [-0.05, 0) is 24.4 Å². The Labute approximate surface area is 106 Å². The molecule has 96 valence electrons. The Morgan fingerprint density at radius 3 is 2.83 bits per heavy atom. The zero-order chi connectivity index (χ0) is 13.3. The number of aromatic nitrogens is 2. The number of rotatable bonds is 3. The van der Waals surface area contributed by atoms with Crippen molar-refractivity contribution in [2.45, 2.75) is 12.5 Å². The second-order valence-corrected chi connectivity index (χ2v) is 4.12. The predicted octanol–water partition coefficient (Wildman–Crippen LogP) is 2.51. The van der Waals surface area contributed by atoms with Gasteiger partial charge in [0.05, 0.1) is 18.1 Å². The maximum Gasteiger partial charge on any atom is 0.378 e. The molecule has 0 aliphatic rings. The van der Waals surface area contributed by atoms with Gasteiger partial charge in [0.2, 0.25) is 0 Å². The molecule has 1 heterocycles. The van der Waals surface area contributed by atoms with Crippen LogP contribution in [0.2, 0.25) is 0 Å². The predicted molar refractivity (Wildman–Crippen MR) is 64.1 cm³/mol. The number of benzene rings is 1. The standard InChI is InChI=1S/C11H10F2N2O2S/c1-17-9(16)11(12,13)6-15-8-5-3-2-4-7(8)14-10(15)18/h2-5H,6H2,1H3,(H,14,18). The largest absolute Gasteiger partial charge is 0.465 e. The lowest BCUT2D eigenvalue weighted by molar-refractivity contribution is -0.170. The van der Waals surface area contributed by atoms with E-state index < -0.39 is 18.4 Å². The molecule has 18 heavy (non-hydrogen) atoms. The van der Waals surface area contributed by atoms with Crippen molar-refractivity contribution >= 4 is 29.2 Å². The van der Waals surface area contributed by atoms with Gasteiger partial charge in [-0.25, -0.2) is 4.79 Å². The van der Waals surface area contributed by atoms with Crippen molar-refractivity contribution in [2.24, 2.45) is 0 Å². The van der Waals surface area contributed by atoms with E-state index in [9.17, 15) is 13.6 Å². The van der Waals surface area contributed by atoms with Gasteiger partial charge in [0.25, 0.3) is 0 Å². The van der Waals surface area contributed by atoms with Crippen molar-refractivity contribution in [1.29, 1.82) is 0 Å². The Balaban J connectivity index is 2.46. The third-order valence-corrected chi connectivity index (χ3v) is 2.84. The highest BCUT2D eigenvalue weighted by Crippen LogP contribution is 2.22. The molecule has 0 atom stereocenters. The van der Waals surface area contributed by atoms with Crippen LogP contribution in [0.15, 0.2) is 24.3 Å². The Bertz CT molecular complexity index is 648. The maximum absolute atomic E-state index is 13.5. The molecule has 2 rings (SSSR count). The molecular weight excluding hydrogens is 262 g/mol. The molecule has 4 nitrogen and oxygen atoms in total. The number of fused-ring (bicyclic) bond motifs is 1. The number of methoxy groups -OCH3 is 1. The van der Waals surface area contributed by atoms with Gasteiger partial charge in [0.15, 0.2) is 4.77 Å². The van der Waals surface area contributed by atoms with Crippen LogP contribution in [0.25, 0.3) is 11.0 Å². The minimum Gasteiger partial charge on any atom is -0.465 e. The summed E-state index contributed by atoms with van der Waals surface area (Å²) in [5.41, 5.74) is 1.16. The second-order valence-electron chi connectivity index (χ2n) is 3.73. The number of esters is 1. The number of halogens is 2. The van der Waals surface area contributed by atoms with Crippen LogP contribution in [0.1, 0.15) is 0 Å². The van der Waals surface area contributed by atoms with Gasteiger partial charge in [0, 0.05) is 0 Å². The zero-order valence-corrected chi connectivity index (χ0v) is 10.3. The molecule has 1 N–H and O–H groups in total. The fourth-order valence-corrected chi connectivity index (χ4v) is 1.95. The van der Waals surface area contributed by atoms with E-state index in [1.807, 2.05) is 0 Å². The van der Waals surface area contributed by atoms with Crippen molar-refractivity contribution in [3.8, 4) is 0 Å². The number of nitrogens with one attached hydrogen (secondary N) is 1. The van der Waals surface area contributed by atoms with Crippen LogP contribution in [-0.2, 0) is 16.1 Å². The molecule has 0 bridgehead atoms. The molecule has 0 saturated carbocycles. The number of aromatic amines is 1. The Hall–Kier alpha value is -1.76. The van der Waals surface area contributed by atoms with Gasteiger partial charge in [-0.3, -0.25) is 0 Å². The van der Waals surface area contributed by atoms with E-state index >= 15 is 0 Å². The molecule has 1 aromatic heterocycles. The number of hydrogen-bond donors (Lipinski definition) is 1. The molecule has 2 aromatic rings. The Morgan fingerprint density at radius 2 is 2.17 bits per heavy atom. The summed E-state index contributed by atoms with van der Waals surface area (Å²) in [5, 5.41) is 0. The van der Waals surface area contributed by atoms with Gasteiger partial charge >= 0.3 is 11.9 Å². The van der Waals surface area contributed by atoms with Crippen molar-refractivity contribution < 1.29 is 18.3 Å². The summed E-state index contributed by atoms with van der Waals surface area (Å²) < 4.78 is 32.5. The summed E-state index contributed by atoms with van der Waals surface area (Å²) in [6.45, 7) is -0.845. The SMILES string of the molecule is COC(=O)C(F)(F)Cn1c(=S)[nH]c2ccccc21. The van der Waals surface area contributed by atoms with Crippen LogP contribution in [0.5, 0.6) is 0 Å². The van der Waals surface area contributed by atoms with Crippen molar-refractivity contribution in [3.63, 3.8) is 0 Å². The molecular formula is C11H10F2N2O2S. The third-order valence-electron chi connectivity index (χ3n) is 2.52. The lowest BCUT2D eigenvalue weighted by Gasteiger charge is -2.14. The molecule has 0 saturated heterocycles. The van der Waals surface area contributed by atoms with Crippen molar-refractivity contribution in [2.75, 3.05) is 7.11 Å². The van der Waals surface area contributed by atoms with Gasteiger partial charge in [-0.1, -0.05) is 12.1 Å². The first-order chi connectivity index (χ1) is 8.45. The molecule has 0 amide bonds. The summed E-state index contributed by atoms with van der Waals surface area (Å²) in [7, 11) is 0.921. The highest BCUT2D eigenvalue weighted by atomic mass is 32.1. The molecule has 0 unspecified atom stereocenters. The number of hydrogen-bond acceptors (Lipinski definition) is 3. The second kappa shape index (κ2) is 4.49. The minimum atomic E-state index is -3.61. The van der Waals surface area contributed by atoms with E-state index in [1.54, 1.807) is 24.3 Å². The number of ether oxygens (including phenoxy) is 1. The molecule has 0 radical (unpaired) electrons. The van der Waals surface area contributed by atoms with Crippen LogP contribution in [0, 0.1) is 4.77 Å². The topological polar surface area (TPSA) is 47.0 Å². The van der Waals surface area contributed by atoms with Crippen molar-refractivity contribution in [1.82, 2.24) is 9.55 Å². The maximum atomic E-state index is 13.5. The van der Waals surface area contributed by atoms with E-state index in [2.05, 4.69) is 9.72 Å². The van der Waals surface area contributed by atoms with Crippen LogP contribution in [-0.4, -0.2) is 28.6 Å². The van der Waals surface area contributed by atoms with E-state index in [1.165, 1.54) is 4.57 Å².